The summed E-state index contributed by atoms with van der Waals surface area (Å²) in [5.74, 6) is -0.422. The van der Waals surface area contributed by atoms with Crippen molar-refractivity contribution < 1.29 is 9.21 Å². The molecule has 0 saturated heterocycles. The number of carbonyl (C=O) groups excluding carboxylic acids is 1. The molecule has 37 heavy (non-hydrogen) atoms. The quantitative estimate of drug-likeness (QED) is 0.232. The molecule has 1 unspecified atom stereocenters. The Morgan fingerprint density at radius 1 is 1.14 bits per heavy atom. The van der Waals surface area contributed by atoms with Gasteiger partial charge in [-0.15, -0.1) is 0 Å². The Kier molecular flexibility index (Phi) is 6.72. The first-order chi connectivity index (χ1) is 17.5. The lowest BCUT2D eigenvalue weighted by atomic mass is 9.98. The van der Waals surface area contributed by atoms with E-state index < -0.39 is 17.5 Å². The standard InChI is InChI=1S/C28H29N5O4/c1-13-8-19(16(4)33-22-10-14(2)32-28(36)23(22)27(30)35)26-20(9-13)24(34)15(3)25(37-26)17-6-7-21(29)18(11-17)12-31-5/h6-12,16H,29H2,1-5H3,(H2,30,35)(H2,32,33,36). The summed E-state index contributed by atoms with van der Waals surface area (Å²) < 4.78 is 6.42. The maximum Gasteiger partial charge on any atom is 0.263 e. The number of nitrogen functional groups attached to an aromatic ring is 1. The molecular formula is C28H29N5O4. The lowest BCUT2D eigenvalue weighted by Crippen LogP contribution is -2.27. The number of anilines is 2. The van der Waals surface area contributed by atoms with Crippen LogP contribution < -0.4 is 27.8 Å². The minimum absolute atomic E-state index is 0.152. The molecule has 4 aromatic rings. The van der Waals surface area contributed by atoms with Gasteiger partial charge in [-0.05, 0) is 63.6 Å². The number of amides is 1. The van der Waals surface area contributed by atoms with Crippen LogP contribution in [0.1, 0.15) is 51.3 Å². The van der Waals surface area contributed by atoms with E-state index in [0.29, 0.717) is 56.1 Å². The topological polar surface area (TPSA) is 157 Å². The summed E-state index contributed by atoms with van der Waals surface area (Å²) in [4.78, 5) is 44.5. The minimum atomic E-state index is -0.843. The third kappa shape index (κ3) is 4.75. The zero-order valence-electron chi connectivity index (χ0n) is 21.4. The number of nitrogens with two attached hydrogens (primary N) is 2. The van der Waals surface area contributed by atoms with Gasteiger partial charge in [0.15, 0.2) is 5.43 Å². The van der Waals surface area contributed by atoms with Crippen molar-refractivity contribution in [2.45, 2.75) is 33.7 Å². The zero-order valence-corrected chi connectivity index (χ0v) is 21.4. The Hall–Kier alpha value is -4.66. The van der Waals surface area contributed by atoms with Crippen LogP contribution >= 0.6 is 0 Å². The first kappa shape index (κ1) is 25.4. The van der Waals surface area contributed by atoms with Crippen LogP contribution in [0.5, 0.6) is 0 Å². The summed E-state index contributed by atoms with van der Waals surface area (Å²) in [6.45, 7) is 7.18. The van der Waals surface area contributed by atoms with Gasteiger partial charge in [0.25, 0.3) is 11.5 Å². The molecule has 0 aliphatic heterocycles. The summed E-state index contributed by atoms with van der Waals surface area (Å²) in [7, 11) is 1.65. The molecule has 9 nitrogen and oxygen atoms in total. The molecule has 6 N–H and O–H groups in total. The van der Waals surface area contributed by atoms with Crippen LogP contribution in [0.3, 0.4) is 0 Å². The van der Waals surface area contributed by atoms with Crippen LogP contribution in [0.2, 0.25) is 0 Å². The summed E-state index contributed by atoms with van der Waals surface area (Å²) in [5, 5.41) is 3.66. The zero-order chi connectivity index (χ0) is 27.0. The fraction of sp³-hybridized carbons (Fsp3) is 0.214. The predicted octanol–water partition coefficient (Wildman–Crippen LogP) is 3.98. The van der Waals surface area contributed by atoms with Crippen LogP contribution in [0, 0.1) is 20.8 Å². The maximum absolute atomic E-state index is 13.5. The Labute approximate surface area is 213 Å². The smallest absolute Gasteiger partial charge is 0.263 e. The SMILES string of the molecule is CN=Cc1cc(-c2oc3c(C(C)Nc4cc(C)[nH]c(=O)c4C(N)=O)cc(C)cc3c(=O)c2C)ccc1N. The van der Waals surface area contributed by atoms with Crippen molar-refractivity contribution in [3.05, 3.63) is 90.5 Å². The number of nitrogens with one attached hydrogen (secondary N) is 2. The molecule has 190 valence electrons. The van der Waals surface area contributed by atoms with Gasteiger partial charge in [0.05, 0.1) is 17.1 Å². The summed E-state index contributed by atoms with van der Waals surface area (Å²) in [5.41, 5.74) is 15.9. The number of nitrogens with zero attached hydrogens (tertiary/aromatic N) is 1. The number of primary amides is 1. The van der Waals surface area contributed by atoms with Crippen LogP contribution in [-0.2, 0) is 0 Å². The van der Waals surface area contributed by atoms with Crippen molar-refractivity contribution in [2.75, 3.05) is 18.1 Å². The molecule has 1 amide bonds. The average Bonchev–Trinajstić information content (AvgIpc) is 2.82. The number of aromatic amines is 1. The predicted molar refractivity (Wildman–Crippen MR) is 148 cm³/mol. The van der Waals surface area contributed by atoms with E-state index in [-0.39, 0.29) is 11.0 Å². The highest BCUT2D eigenvalue weighted by Crippen LogP contribution is 2.33. The number of rotatable bonds is 6. The number of pyridine rings is 1. The molecule has 0 bridgehead atoms. The summed E-state index contributed by atoms with van der Waals surface area (Å²) in [6, 6.07) is 10.3. The molecule has 0 aliphatic rings. The maximum atomic E-state index is 13.5. The number of aliphatic imine (C=N–C) groups is 1. The van der Waals surface area contributed by atoms with Crippen LogP contribution in [-0.4, -0.2) is 24.2 Å². The monoisotopic (exact) mass is 499 g/mol. The van der Waals surface area contributed by atoms with Crippen LogP contribution in [0.25, 0.3) is 22.3 Å². The van der Waals surface area contributed by atoms with E-state index in [9.17, 15) is 14.4 Å². The van der Waals surface area contributed by atoms with E-state index in [1.165, 1.54) is 0 Å². The van der Waals surface area contributed by atoms with Crippen LogP contribution in [0.4, 0.5) is 11.4 Å². The summed E-state index contributed by atoms with van der Waals surface area (Å²) in [6.07, 6.45) is 1.65. The third-order valence-corrected chi connectivity index (χ3v) is 6.26. The minimum Gasteiger partial charge on any atom is -0.455 e. The number of fused-ring (bicyclic) bond motifs is 1. The van der Waals surface area contributed by atoms with Gasteiger partial charge in [-0.3, -0.25) is 19.4 Å². The molecule has 0 aliphatic carbocycles. The molecule has 0 saturated carbocycles. The highest BCUT2D eigenvalue weighted by atomic mass is 16.3. The van der Waals surface area contributed by atoms with Crippen molar-refractivity contribution in [3.8, 4) is 11.3 Å². The average molecular weight is 500 g/mol. The first-order valence-corrected chi connectivity index (χ1v) is 11.7. The van der Waals surface area contributed by atoms with E-state index in [1.807, 2.05) is 26.0 Å². The number of benzene rings is 2. The second-order valence-corrected chi connectivity index (χ2v) is 9.15. The van der Waals surface area contributed by atoms with Gasteiger partial charge in [-0.2, -0.15) is 0 Å². The van der Waals surface area contributed by atoms with Gasteiger partial charge in [0, 0.05) is 46.9 Å². The molecule has 4 rings (SSSR count). The molecule has 2 aromatic carbocycles. The van der Waals surface area contributed by atoms with Gasteiger partial charge in [0.2, 0.25) is 0 Å². The highest BCUT2D eigenvalue weighted by molar-refractivity contribution is 5.98. The Morgan fingerprint density at radius 3 is 2.54 bits per heavy atom. The van der Waals surface area contributed by atoms with E-state index in [4.69, 9.17) is 15.9 Å². The molecular weight excluding hydrogens is 470 g/mol. The number of hydrogen-bond donors (Lipinski definition) is 4. The van der Waals surface area contributed by atoms with Crippen molar-refractivity contribution in [1.29, 1.82) is 0 Å². The first-order valence-electron chi connectivity index (χ1n) is 11.7. The molecule has 9 heteroatoms. The highest BCUT2D eigenvalue weighted by Gasteiger charge is 2.21. The Morgan fingerprint density at radius 2 is 1.86 bits per heavy atom. The number of aryl methyl sites for hydroxylation is 2. The molecule has 0 spiro atoms. The van der Waals surface area contributed by atoms with E-state index in [1.54, 1.807) is 51.4 Å². The van der Waals surface area contributed by atoms with E-state index in [2.05, 4.69) is 15.3 Å². The van der Waals surface area contributed by atoms with E-state index in [0.717, 1.165) is 5.56 Å². The van der Waals surface area contributed by atoms with E-state index >= 15 is 0 Å². The number of aromatic nitrogens is 1. The Balaban J connectivity index is 1.92. The van der Waals surface area contributed by atoms with Crippen molar-refractivity contribution >= 4 is 34.5 Å². The van der Waals surface area contributed by atoms with Crippen molar-refractivity contribution in [1.82, 2.24) is 4.98 Å². The fourth-order valence-electron chi connectivity index (χ4n) is 4.49. The van der Waals surface area contributed by atoms with Crippen molar-refractivity contribution in [2.24, 2.45) is 10.7 Å². The van der Waals surface area contributed by atoms with Crippen LogP contribution in [0.15, 0.2) is 55.4 Å². The van der Waals surface area contributed by atoms with Gasteiger partial charge in [-0.25, -0.2) is 0 Å². The largest absolute Gasteiger partial charge is 0.455 e. The number of hydrogen-bond acceptors (Lipinski definition) is 7. The number of H-pyrrole nitrogens is 1. The van der Waals surface area contributed by atoms with Crippen molar-refractivity contribution in [3.63, 3.8) is 0 Å². The number of carbonyl (C=O) groups is 1. The normalized spacial score (nSPS) is 12.2. The van der Waals surface area contributed by atoms with Gasteiger partial charge >= 0.3 is 0 Å². The summed E-state index contributed by atoms with van der Waals surface area (Å²) >= 11 is 0. The second kappa shape index (κ2) is 9.77. The molecule has 2 aromatic heterocycles. The molecule has 2 heterocycles. The van der Waals surface area contributed by atoms with Gasteiger partial charge < -0.3 is 26.2 Å². The molecule has 0 radical (unpaired) electrons. The lowest BCUT2D eigenvalue weighted by Gasteiger charge is -2.20. The molecule has 0 fully saturated rings. The van der Waals surface area contributed by atoms with Gasteiger partial charge in [-0.1, -0.05) is 6.07 Å². The third-order valence-electron chi connectivity index (χ3n) is 6.26. The fourth-order valence-corrected chi connectivity index (χ4v) is 4.49. The van der Waals surface area contributed by atoms with Gasteiger partial charge in [0.1, 0.15) is 16.9 Å². The second-order valence-electron chi connectivity index (χ2n) is 9.15. The molecule has 1 atom stereocenters. The lowest BCUT2D eigenvalue weighted by molar-refractivity contribution is 0.0999. The Bertz CT molecular complexity index is 1700.